The average molecular weight is 453 g/mol. The van der Waals surface area contributed by atoms with Crippen molar-refractivity contribution in [3.05, 3.63) is 22.3 Å². The number of allylic oxidation sites excluding steroid dienone is 4. The SMILES string of the molecule is CC1=C(C)C2(C(C)(C)C)CCC1(CCC(C)(C)C13CCC(C(C)(C)C)(CC1)C(C)=C3C)CC2. The maximum Gasteiger partial charge on any atom is -0.00363 e. The molecule has 6 rings (SSSR count). The van der Waals surface area contributed by atoms with Gasteiger partial charge in [0.15, 0.2) is 0 Å². The average Bonchev–Trinajstić information content (AvgIpc) is 2.72. The molecule has 0 heterocycles. The van der Waals surface area contributed by atoms with Crippen LogP contribution < -0.4 is 0 Å². The molecule has 0 N–H and O–H groups in total. The molecule has 33 heavy (non-hydrogen) atoms. The molecule has 2 saturated carbocycles. The highest BCUT2D eigenvalue weighted by Crippen LogP contribution is 2.72. The lowest BCUT2D eigenvalue weighted by Gasteiger charge is -2.65. The zero-order valence-corrected chi connectivity index (χ0v) is 24.6. The van der Waals surface area contributed by atoms with Gasteiger partial charge in [0.2, 0.25) is 0 Å². The van der Waals surface area contributed by atoms with Crippen molar-refractivity contribution in [1.82, 2.24) is 0 Å². The number of rotatable bonds is 4. The molecule has 2 fully saturated rings. The Morgan fingerprint density at radius 1 is 0.485 bits per heavy atom. The third-order valence-corrected chi connectivity index (χ3v) is 13.5. The van der Waals surface area contributed by atoms with E-state index in [0.717, 1.165) is 0 Å². The summed E-state index contributed by atoms with van der Waals surface area (Å²) in [5, 5.41) is 0. The Morgan fingerprint density at radius 2 is 0.818 bits per heavy atom. The van der Waals surface area contributed by atoms with E-state index in [1.54, 1.807) is 22.3 Å². The zero-order chi connectivity index (χ0) is 24.9. The van der Waals surface area contributed by atoms with Crippen molar-refractivity contribution in [2.45, 2.75) is 147 Å². The smallest absolute Gasteiger partial charge is 0.00363 e. The van der Waals surface area contributed by atoms with E-state index >= 15 is 0 Å². The van der Waals surface area contributed by atoms with Crippen LogP contribution in [0.15, 0.2) is 22.3 Å². The van der Waals surface area contributed by atoms with Crippen LogP contribution in [0.3, 0.4) is 0 Å². The van der Waals surface area contributed by atoms with Crippen LogP contribution in [-0.2, 0) is 0 Å². The highest BCUT2D eigenvalue weighted by Gasteiger charge is 2.61. The molecule has 4 bridgehead atoms. The van der Waals surface area contributed by atoms with E-state index in [4.69, 9.17) is 0 Å². The molecule has 0 aromatic rings. The highest BCUT2D eigenvalue weighted by atomic mass is 14.6. The van der Waals surface area contributed by atoms with Gasteiger partial charge in [-0.2, -0.15) is 0 Å². The molecule has 0 aromatic carbocycles. The maximum atomic E-state index is 2.65. The second-order valence-electron chi connectivity index (χ2n) is 15.9. The summed E-state index contributed by atoms with van der Waals surface area (Å²) in [7, 11) is 0. The molecule has 0 spiro atoms. The lowest BCUT2D eigenvalue weighted by atomic mass is 9.40. The molecule has 6 aliphatic carbocycles. The van der Waals surface area contributed by atoms with E-state index in [-0.39, 0.29) is 0 Å². The largest absolute Gasteiger partial charge is 0.0676 e. The Balaban J connectivity index is 1.62. The van der Waals surface area contributed by atoms with E-state index in [0.29, 0.717) is 37.9 Å². The highest BCUT2D eigenvalue weighted by molar-refractivity contribution is 5.37. The summed E-state index contributed by atoms with van der Waals surface area (Å²) in [6, 6.07) is 0. The lowest BCUT2D eigenvalue weighted by Crippen LogP contribution is -2.54. The third-order valence-electron chi connectivity index (χ3n) is 13.5. The lowest BCUT2D eigenvalue weighted by molar-refractivity contribution is -0.0579. The van der Waals surface area contributed by atoms with Crippen LogP contribution >= 0.6 is 0 Å². The normalized spacial score (nSPS) is 39.6. The molecule has 188 valence electrons. The minimum absolute atomic E-state index is 0.372. The first kappa shape index (κ1) is 25.6. The molecule has 0 unspecified atom stereocenters. The van der Waals surface area contributed by atoms with Gasteiger partial charge in [0.05, 0.1) is 0 Å². The minimum Gasteiger partial charge on any atom is -0.0676 e. The van der Waals surface area contributed by atoms with Crippen LogP contribution in [0, 0.1) is 37.9 Å². The van der Waals surface area contributed by atoms with E-state index in [1.807, 2.05) is 0 Å². The van der Waals surface area contributed by atoms with Crippen LogP contribution in [0.25, 0.3) is 0 Å². The Bertz CT molecular complexity index is 856. The molecule has 0 nitrogen and oxygen atoms in total. The van der Waals surface area contributed by atoms with Crippen LogP contribution in [0.2, 0.25) is 0 Å². The van der Waals surface area contributed by atoms with Crippen molar-refractivity contribution >= 4 is 0 Å². The van der Waals surface area contributed by atoms with E-state index in [2.05, 4.69) is 83.1 Å². The molecule has 0 atom stereocenters. The van der Waals surface area contributed by atoms with Crippen LogP contribution in [-0.4, -0.2) is 0 Å². The fourth-order valence-corrected chi connectivity index (χ4v) is 10.3. The predicted octanol–water partition coefficient (Wildman–Crippen LogP) is 10.7. The summed E-state index contributed by atoms with van der Waals surface area (Å²) in [4.78, 5) is 0. The van der Waals surface area contributed by atoms with E-state index < -0.39 is 0 Å². The van der Waals surface area contributed by atoms with Gasteiger partial charge >= 0.3 is 0 Å². The van der Waals surface area contributed by atoms with Gasteiger partial charge in [-0.05, 0) is 130 Å². The monoisotopic (exact) mass is 452 g/mol. The van der Waals surface area contributed by atoms with Crippen molar-refractivity contribution in [2.75, 3.05) is 0 Å². The van der Waals surface area contributed by atoms with E-state index in [1.165, 1.54) is 64.2 Å². The minimum atomic E-state index is 0.372. The second-order valence-corrected chi connectivity index (χ2v) is 15.9. The molecule has 0 amide bonds. The zero-order valence-electron chi connectivity index (χ0n) is 24.6. The first-order valence-corrected chi connectivity index (χ1v) is 14.3. The molecular weight excluding hydrogens is 396 g/mol. The molecule has 0 aliphatic heterocycles. The molecule has 0 aromatic heterocycles. The van der Waals surface area contributed by atoms with Gasteiger partial charge in [0.1, 0.15) is 0 Å². The first-order valence-electron chi connectivity index (χ1n) is 14.3. The van der Waals surface area contributed by atoms with Crippen molar-refractivity contribution < 1.29 is 0 Å². The molecule has 0 saturated heterocycles. The molecule has 0 radical (unpaired) electrons. The molecule has 0 heteroatoms. The summed E-state index contributed by atoms with van der Waals surface area (Å²) in [5.74, 6) is 0. The van der Waals surface area contributed by atoms with Gasteiger partial charge < -0.3 is 0 Å². The Hall–Kier alpha value is -0.520. The van der Waals surface area contributed by atoms with Crippen molar-refractivity contribution in [3.63, 3.8) is 0 Å². The second kappa shape index (κ2) is 7.26. The summed E-state index contributed by atoms with van der Waals surface area (Å²) in [5.41, 5.74) is 10.0. The van der Waals surface area contributed by atoms with Gasteiger partial charge in [0.25, 0.3) is 0 Å². The van der Waals surface area contributed by atoms with Gasteiger partial charge in [-0.25, -0.2) is 0 Å². The van der Waals surface area contributed by atoms with Crippen LogP contribution in [0.1, 0.15) is 147 Å². The van der Waals surface area contributed by atoms with Gasteiger partial charge in [-0.3, -0.25) is 0 Å². The maximum absolute atomic E-state index is 2.65. The molecule has 6 aliphatic rings. The summed E-state index contributed by atoms with van der Waals surface area (Å²) in [6.45, 7) is 30.3. The first-order chi connectivity index (χ1) is 14.9. The van der Waals surface area contributed by atoms with Crippen LogP contribution in [0.5, 0.6) is 0 Å². The van der Waals surface area contributed by atoms with Gasteiger partial charge in [-0.15, -0.1) is 0 Å². The number of fused-ring (bicyclic) bond motifs is 4. The van der Waals surface area contributed by atoms with Gasteiger partial charge in [-0.1, -0.05) is 77.7 Å². The third kappa shape index (κ3) is 3.13. The topological polar surface area (TPSA) is 0 Å². The fourth-order valence-electron chi connectivity index (χ4n) is 10.3. The van der Waals surface area contributed by atoms with Crippen molar-refractivity contribution in [2.24, 2.45) is 37.9 Å². The summed E-state index contributed by atoms with van der Waals surface area (Å²) >= 11 is 0. The van der Waals surface area contributed by atoms with Crippen LogP contribution in [0.4, 0.5) is 0 Å². The Kier molecular flexibility index (Phi) is 5.62. The standard InChI is InChI=1S/C33H56/c1-23-24(2)31(27(5,6)7)17-15-30(23,16-18-31)14-13-29(11,12)33-21-19-32(20-22-33,28(8,9)10)25(3)26(33)4/h13-22H2,1-12H3. The Labute approximate surface area is 207 Å². The summed E-state index contributed by atoms with van der Waals surface area (Å²) < 4.78 is 0. The van der Waals surface area contributed by atoms with E-state index in [9.17, 15) is 0 Å². The molecular formula is C33H56. The Morgan fingerprint density at radius 3 is 1.24 bits per heavy atom. The van der Waals surface area contributed by atoms with Crippen molar-refractivity contribution in [1.29, 1.82) is 0 Å². The quantitative estimate of drug-likeness (QED) is 0.372. The number of hydrogen-bond donors (Lipinski definition) is 0. The van der Waals surface area contributed by atoms with Crippen molar-refractivity contribution in [3.8, 4) is 0 Å². The summed E-state index contributed by atoms with van der Waals surface area (Å²) in [6.07, 6.45) is 14.1. The van der Waals surface area contributed by atoms with Gasteiger partial charge in [0, 0.05) is 0 Å². The number of hydrogen-bond acceptors (Lipinski definition) is 0. The fraction of sp³-hybridized carbons (Fsp3) is 0.879. The predicted molar refractivity (Wildman–Crippen MR) is 145 cm³/mol.